The molecule has 4 rings (SSSR count). The minimum Gasteiger partial charge on any atom is -0.497 e. The lowest BCUT2D eigenvalue weighted by atomic mass is 10.2. The molecule has 8 heteroatoms. The molecule has 0 amide bonds. The maximum absolute atomic E-state index is 5.91. The number of benzene rings is 1. The van der Waals surface area contributed by atoms with E-state index >= 15 is 0 Å². The number of nitrogens with one attached hydrogen (secondary N) is 1. The smallest absolute Gasteiger partial charge is 0.221 e. The molecule has 0 unspecified atom stereocenters. The van der Waals surface area contributed by atoms with E-state index in [1.807, 2.05) is 30.3 Å². The lowest BCUT2D eigenvalue weighted by molar-refractivity contribution is 0.0961. The summed E-state index contributed by atoms with van der Waals surface area (Å²) in [4.78, 5) is 10.4. The van der Waals surface area contributed by atoms with E-state index in [-0.39, 0.29) is 18.1 Å². The largest absolute Gasteiger partial charge is 0.497 e. The Labute approximate surface area is 157 Å². The van der Waals surface area contributed by atoms with Crippen molar-refractivity contribution in [1.29, 1.82) is 0 Å². The number of anilines is 2. The molecule has 27 heavy (non-hydrogen) atoms. The molecule has 2 aromatic heterocycles. The number of aromatic nitrogens is 2. The molecule has 8 nitrogen and oxygen atoms in total. The standard InChI is InChI=1S/C19H23N5O3/c1-25-13-3-4-16-12(7-13)8-14(27-16)9-22-15-10-24(11-17(15)26-2)18-5-6-21-19(20)23-18/h3-8,15,17,22H,9-11H2,1-2H3,(H2,20,21,23)/t15-,17+/m0/s1. The minimum absolute atomic E-state index is 0.0469. The van der Waals surface area contributed by atoms with E-state index in [1.165, 1.54) is 0 Å². The molecule has 1 fully saturated rings. The van der Waals surface area contributed by atoms with Crippen LogP contribution < -0.4 is 20.7 Å². The van der Waals surface area contributed by atoms with Gasteiger partial charge < -0.3 is 29.8 Å². The Kier molecular flexibility index (Phi) is 4.83. The van der Waals surface area contributed by atoms with Crippen molar-refractivity contribution in [3.63, 3.8) is 0 Å². The van der Waals surface area contributed by atoms with Crippen molar-refractivity contribution in [1.82, 2.24) is 15.3 Å². The lowest BCUT2D eigenvalue weighted by Crippen LogP contribution is -2.39. The van der Waals surface area contributed by atoms with Crippen LogP contribution in [0.4, 0.5) is 11.8 Å². The van der Waals surface area contributed by atoms with Crippen molar-refractivity contribution in [2.45, 2.75) is 18.7 Å². The van der Waals surface area contributed by atoms with Gasteiger partial charge in [0.25, 0.3) is 0 Å². The van der Waals surface area contributed by atoms with E-state index in [4.69, 9.17) is 19.6 Å². The van der Waals surface area contributed by atoms with Crippen molar-refractivity contribution < 1.29 is 13.9 Å². The Morgan fingerprint density at radius 3 is 2.93 bits per heavy atom. The highest BCUT2D eigenvalue weighted by molar-refractivity contribution is 5.79. The minimum atomic E-state index is 0.0469. The highest BCUT2D eigenvalue weighted by Gasteiger charge is 2.33. The van der Waals surface area contributed by atoms with Crippen LogP contribution in [-0.2, 0) is 11.3 Å². The Morgan fingerprint density at radius 1 is 1.26 bits per heavy atom. The number of nitrogen functional groups attached to an aromatic ring is 1. The Morgan fingerprint density at radius 2 is 2.15 bits per heavy atom. The van der Waals surface area contributed by atoms with E-state index < -0.39 is 0 Å². The fourth-order valence-corrected chi connectivity index (χ4v) is 3.46. The van der Waals surface area contributed by atoms with Gasteiger partial charge in [-0.2, -0.15) is 4.98 Å². The van der Waals surface area contributed by atoms with Crippen molar-refractivity contribution in [3.05, 3.63) is 42.3 Å². The molecule has 0 radical (unpaired) electrons. The number of nitrogens with two attached hydrogens (primary N) is 1. The van der Waals surface area contributed by atoms with Gasteiger partial charge in [-0.15, -0.1) is 0 Å². The van der Waals surface area contributed by atoms with Crippen LogP contribution in [-0.4, -0.2) is 49.4 Å². The van der Waals surface area contributed by atoms with Gasteiger partial charge in [-0.05, 0) is 30.3 Å². The molecule has 1 aliphatic rings. The van der Waals surface area contributed by atoms with Gasteiger partial charge in [0.15, 0.2) is 0 Å². The zero-order valence-electron chi connectivity index (χ0n) is 15.4. The van der Waals surface area contributed by atoms with Gasteiger partial charge in [-0.25, -0.2) is 4.98 Å². The fraction of sp³-hybridized carbons (Fsp3) is 0.368. The normalized spacial score (nSPS) is 19.7. The molecule has 0 bridgehead atoms. The molecule has 1 aliphatic heterocycles. The fourth-order valence-electron chi connectivity index (χ4n) is 3.46. The van der Waals surface area contributed by atoms with Gasteiger partial charge in [0.2, 0.25) is 5.95 Å². The molecule has 1 saturated heterocycles. The van der Waals surface area contributed by atoms with Crippen LogP contribution in [0.3, 0.4) is 0 Å². The summed E-state index contributed by atoms with van der Waals surface area (Å²) in [7, 11) is 3.39. The number of nitrogens with zero attached hydrogens (tertiary/aromatic N) is 3. The maximum atomic E-state index is 5.91. The zero-order chi connectivity index (χ0) is 18.8. The number of furan rings is 1. The van der Waals surface area contributed by atoms with Crippen LogP contribution in [0.5, 0.6) is 5.75 Å². The van der Waals surface area contributed by atoms with Crippen molar-refractivity contribution in [3.8, 4) is 5.75 Å². The number of hydrogen-bond acceptors (Lipinski definition) is 8. The average Bonchev–Trinajstić information content (AvgIpc) is 3.29. The van der Waals surface area contributed by atoms with E-state index in [0.29, 0.717) is 6.54 Å². The molecule has 3 heterocycles. The van der Waals surface area contributed by atoms with Gasteiger partial charge in [-0.1, -0.05) is 0 Å². The third-order valence-electron chi connectivity index (χ3n) is 4.87. The highest BCUT2D eigenvalue weighted by Crippen LogP contribution is 2.25. The maximum Gasteiger partial charge on any atom is 0.221 e. The predicted molar refractivity (Wildman–Crippen MR) is 103 cm³/mol. The van der Waals surface area contributed by atoms with E-state index in [1.54, 1.807) is 20.4 Å². The van der Waals surface area contributed by atoms with Crippen LogP contribution >= 0.6 is 0 Å². The van der Waals surface area contributed by atoms with Gasteiger partial charge >= 0.3 is 0 Å². The van der Waals surface area contributed by atoms with Gasteiger partial charge in [0.05, 0.1) is 25.8 Å². The first-order valence-corrected chi connectivity index (χ1v) is 8.82. The Bertz CT molecular complexity index is 929. The van der Waals surface area contributed by atoms with Crippen LogP contribution in [0.1, 0.15) is 5.76 Å². The molecule has 3 aromatic rings. The summed E-state index contributed by atoms with van der Waals surface area (Å²) in [6.07, 6.45) is 1.72. The van der Waals surface area contributed by atoms with Crippen molar-refractivity contribution in [2.24, 2.45) is 0 Å². The average molecular weight is 369 g/mol. The summed E-state index contributed by atoms with van der Waals surface area (Å²) in [5.41, 5.74) is 6.55. The number of ether oxygens (including phenoxy) is 2. The topological polar surface area (TPSA) is 98.7 Å². The summed E-state index contributed by atoms with van der Waals surface area (Å²) in [6, 6.07) is 9.83. The molecular weight excluding hydrogens is 346 g/mol. The van der Waals surface area contributed by atoms with Crippen LogP contribution in [0, 0.1) is 0 Å². The predicted octanol–water partition coefficient (Wildman–Crippen LogP) is 1.81. The molecule has 1 aromatic carbocycles. The van der Waals surface area contributed by atoms with Crippen LogP contribution in [0.15, 0.2) is 40.9 Å². The van der Waals surface area contributed by atoms with Crippen molar-refractivity contribution in [2.75, 3.05) is 37.9 Å². The third kappa shape index (κ3) is 3.67. The van der Waals surface area contributed by atoms with Crippen molar-refractivity contribution >= 4 is 22.7 Å². The second-order valence-electron chi connectivity index (χ2n) is 6.56. The van der Waals surface area contributed by atoms with Gasteiger partial charge in [-0.3, -0.25) is 0 Å². The summed E-state index contributed by atoms with van der Waals surface area (Å²) in [5.74, 6) is 2.77. The van der Waals surface area contributed by atoms with Crippen LogP contribution in [0.2, 0.25) is 0 Å². The summed E-state index contributed by atoms with van der Waals surface area (Å²) < 4.78 is 16.8. The molecule has 0 spiro atoms. The first kappa shape index (κ1) is 17.6. The number of hydrogen-bond donors (Lipinski definition) is 2. The summed E-state index contributed by atoms with van der Waals surface area (Å²) in [5, 5.41) is 4.56. The first-order chi connectivity index (χ1) is 13.2. The Balaban J connectivity index is 1.44. The van der Waals surface area contributed by atoms with E-state index in [2.05, 4.69) is 20.2 Å². The first-order valence-electron chi connectivity index (χ1n) is 8.82. The second kappa shape index (κ2) is 7.42. The highest BCUT2D eigenvalue weighted by atomic mass is 16.5. The summed E-state index contributed by atoms with van der Waals surface area (Å²) in [6.45, 7) is 2.12. The summed E-state index contributed by atoms with van der Waals surface area (Å²) >= 11 is 0. The Hall–Kier alpha value is -2.84. The second-order valence-corrected chi connectivity index (χ2v) is 6.56. The molecule has 0 aliphatic carbocycles. The van der Waals surface area contributed by atoms with E-state index in [0.717, 1.165) is 41.4 Å². The zero-order valence-corrected chi connectivity index (χ0v) is 15.4. The van der Waals surface area contributed by atoms with Gasteiger partial charge in [0.1, 0.15) is 22.9 Å². The third-order valence-corrected chi connectivity index (χ3v) is 4.87. The number of rotatable bonds is 6. The molecule has 0 saturated carbocycles. The SMILES string of the molecule is COc1ccc2oc(CN[C@H]3CN(c4ccnc(N)n4)C[C@H]3OC)cc2c1. The quantitative estimate of drug-likeness (QED) is 0.679. The molecule has 2 atom stereocenters. The van der Waals surface area contributed by atoms with Gasteiger partial charge in [0, 0.05) is 31.8 Å². The monoisotopic (exact) mass is 369 g/mol. The molecule has 3 N–H and O–H groups in total. The molecular formula is C19H23N5O3. The number of fused-ring (bicyclic) bond motifs is 1. The molecule has 142 valence electrons. The van der Waals surface area contributed by atoms with Crippen LogP contribution in [0.25, 0.3) is 11.0 Å². The van der Waals surface area contributed by atoms with E-state index in [9.17, 15) is 0 Å². The number of methoxy groups -OCH3 is 2. The lowest BCUT2D eigenvalue weighted by Gasteiger charge is -2.17.